The Balaban J connectivity index is 1.85. The van der Waals surface area contributed by atoms with Crippen LogP contribution in [0.3, 0.4) is 0 Å². The number of unbranched alkanes of at least 4 members (excludes halogenated alkanes) is 1. The third-order valence-electron chi connectivity index (χ3n) is 2.79. The predicted molar refractivity (Wildman–Crippen MR) is 61.4 cm³/mol. The summed E-state index contributed by atoms with van der Waals surface area (Å²) in [6, 6.07) is 0. The number of halogens is 1. The van der Waals surface area contributed by atoms with Gasteiger partial charge in [0, 0.05) is 11.8 Å². The zero-order valence-corrected chi connectivity index (χ0v) is 10.7. The van der Waals surface area contributed by atoms with E-state index in [0.717, 1.165) is 32.7 Å². The Kier molecular flexibility index (Phi) is 3.36. The van der Waals surface area contributed by atoms with Gasteiger partial charge in [0.1, 0.15) is 0 Å². The molecule has 0 aromatic carbocycles. The largest absolute Gasteiger partial charge is 0.327 e. The molecule has 3 rings (SSSR count). The van der Waals surface area contributed by atoms with Gasteiger partial charge in [-0.05, 0) is 17.3 Å². The number of ether oxygens (including phenoxy) is 3. The maximum atomic E-state index is 5.67. The summed E-state index contributed by atoms with van der Waals surface area (Å²) in [6.45, 7) is 4.46. The van der Waals surface area contributed by atoms with Crippen molar-refractivity contribution in [2.75, 3.05) is 24.2 Å². The molecular formula is C10H17IO3. The zero-order chi connectivity index (χ0) is 10.1. The fourth-order valence-corrected chi connectivity index (χ4v) is 2.29. The van der Waals surface area contributed by atoms with Crippen LogP contribution >= 0.6 is 22.6 Å². The van der Waals surface area contributed by atoms with Crippen LogP contribution in [0.2, 0.25) is 0 Å². The second kappa shape index (κ2) is 4.23. The van der Waals surface area contributed by atoms with Crippen LogP contribution in [0.15, 0.2) is 0 Å². The summed E-state index contributed by atoms with van der Waals surface area (Å²) in [5, 5.41) is 0. The molecule has 0 radical (unpaired) electrons. The summed E-state index contributed by atoms with van der Waals surface area (Å²) in [5.74, 6) is -0.691. The van der Waals surface area contributed by atoms with Crippen LogP contribution in [0.25, 0.3) is 0 Å². The molecule has 2 bridgehead atoms. The van der Waals surface area contributed by atoms with E-state index < -0.39 is 5.97 Å². The molecule has 3 nitrogen and oxygen atoms in total. The first-order valence-electron chi connectivity index (χ1n) is 5.16. The van der Waals surface area contributed by atoms with Crippen molar-refractivity contribution in [3.63, 3.8) is 0 Å². The summed E-state index contributed by atoms with van der Waals surface area (Å²) >= 11 is 2.39. The Morgan fingerprint density at radius 1 is 1.07 bits per heavy atom. The lowest BCUT2D eigenvalue weighted by atomic mass is 9.91. The number of fused-ring (bicyclic) bond motifs is 3. The molecule has 3 aliphatic rings. The van der Waals surface area contributed by atoms with E-state index in [4.69, 9.17) is 14.2 Å². The molecule has 0 aromatic heterocycles. The van der Waals surface area contributed by atoms with Gasteiger partial charge in [-0.15, -0.1) is 0 Å². The summed E-state index contributed by atoms with van der Waals surface area (Å²) < 4.78 is 18.2. The summed E-state index contributed by atoms with van der Waals surface area (Å²) in [7, 11) is 0. The van der Waals surface area contributed by atoms with Gasteiger partial charge in [-0.3, -0.25) is 0 Å². The van der Waals surface area contributed by atoms with Gasteiger partial charge in [0.25, 0.3) is 5.97 Å². The van der Waals surface area contributed by atoms with Crippen molar-refractivity contribution < 1.29 is 14.2 Å². The number of rotatable bonds is 4. The van der Waals surface area contributed by atoms with Crippen LogP contribution in [0.5, 0.6) is 0 Å². The van der Waals surface area contributed by atoms with Crippen LogP contribution in [0.1, 0.15) is 26.2 Å². The van der Waals surface area contributed by atoms with E-state index in [9.17, 15) is 0 Å². The maximum absolute atomic E-state index is 5.67. The van der Waals surface area contributed by atoms with E-state index in [2.05, 4.69) is 29.5 Å². The minimum absolute atomic E-state index is 0.0883. The average Bonchev–Trinajstić information content (AvgIpc) is 2.21. The van der Waals surface area contributed by atoms with Gasteiger partial charge in [0.05, 0.1) is 19.8 Å². The molecule has 0 unspecified atom stereocenters. The highest BCUT2D eigenvalue weighted by Crippen LogP contribution is 2.40. The molecule has 3 aliphatic heterocycles. The molecule has 3 saturated heterocycles. The van der Waals surface area contributed by atoms with Crippen LogP contribution < -0.4 is 0 Å². The van der Waals surface area contributed by atoms with E-state index in [0.29, 0.717) is 0 Å². The molecule has 0 spiro atoms. The van der Waals surface area contributed by atoms with Gasteiger partial charge in [-0.25, -0.2) is 0 Å². The zero-order valence-electron chi connectivity index (χ0n) is 8.55. The van der Waals surface area contributed by atoms with Gasteiger partial charge >= 0.3 is 0 Å². The predicted octanol–water partition coefficient (Wildman–Crippen LogP) is 2.33. The minimum Gasteiger partial charge on any atom is -0.327 e. The Morgan fingerprint density at radius 3 is 2.14 bits per heavy atom. The van der Waals surface area contributed by atoms with Crippen LogP contribution in [-0.4, -0.2) is 30.2 Å². The summed E-state index contributed by atoms with van der Waals surface area (Å²) in [5.41, 5.74) is 0.0883. The summed E-state index contributed by atoms with van der Waals surface area (Å²) in [4.78, 5) is 0. The average molecular weight is 312 g/mol. The van der Waals surface area contributed by atoms with Crippen LogP contribution in [0.4, 0.5) is 0 Å². The van der Waals surface area contributed by atoms with Crippen LogP contribution in [-0.2, 0) is 14.2 Å². The molecule has 0 aliphatic carbocycles. The molecule has 14 heavy (non-hydrogen) atoms. The Morgan fingerprint density at radius 2 is 1.64 bits per heavy atom. The lowest BCUT2D eigenvalue weighted by molar-refractivity contribution is -0.467. The second-order valence-corrected chi connectivity index (χ2v) is 5.58. The first kappa shape index (κ1) is 11.1. The van der Waals surface area contributed by atoms with E-state index >= 15 is 0 Å². The first-order valence-corrected chi connectivity index (χ1v) is 6.69. The lowest BCUT2D eigenvalue weighted by Crippen LogP contribution is -2.58. The van der Waals surface area contributed by atoms with E-state index in [-0.39, 0.29) is 5.41 Å². The van der Waals surface area contributed by atoms with Gasteiger partial charge in [0.15, 0.2) is 0 Å². The van der Waals surface area contributed by atoms with Crippen molar-refractivity contribution in [3.8, 4) is 0 Å². The third kappa shape index (κ3) is 2.23. The maximum Gasteiger partial charge on any atom is 0.282 e. The highest BCUT2D eigenvalue weighted by Gasteiger charge is 2.49. The molecule has 82 valence electrons. The Hall–Kier alpha value is 0.610. The van der Waals surface area contributed by atoms with Crippen LogP contribution in [0, 0.1) is 5.41 Å². The quantitative estimate of drug-likeness (QED) is 0.453. The molecule has 0 atom stereocenters. The van der Waals surface area contributed by atoms with Crippen molar-refractivity contribution >= 4 is 22.6 Å². The topological polar surface area (TPSA) is 27.7 Å². The fraction of sp³-hybridized carbons (Fsp3) is 1.00. The monoisotopic (exact) mass is 312 g/mol. The molecule has 0 N–H and O–H groups in total. The number of alkyl halides is 1. The molecule has 4 heteroatoms. The van der Waals surface area contributed by atoms with Crippen molar-refractivity contribution in [2.24, 2.45) is 5.41 Å². The van der Waals surface area contributed by atoms with E-state index in [1.54, 1.807) is 0 Å². The van der Waals surface area contributed by atoms with E-state index in [1.165, 1.54) is 10.8 Å². The molecule has 0 amide bonds. The molecule has 0 saturated carbocycles. The van der Waals surface area contributed by atoms with Gasteiger partial charge in [-0.2, -0.15) is 0 Å². The highest BCUT2D eigenvalue weighted by atomic mass is 127. The lowest BCUT2D eigenvalue weighted by Gasteiger charge is -2.50. The SMILES string of the molecule is CC12COC(CCCCI)(OC1)OC2. The number of hydrogen-bond acceptors (Lipinski definition) is 3. The smallest absolute Gasteiger partial charge is 0.282 e. The number of hydrogen-bond donors (Lipinski definition) is 0. The van der Waals surface area contributed by atoms with Gasteiger partial charge < -0.3 is 14.2 Å². The Labute approximate surface area is 98.6 Å². The minimum atomic E-state index is -0.691. The molecule has 3 heterocycles. The Bertz CT molecular complexity index is 183. The second-order valence-electron chi connectivity index (χ2n) is 4.51. The fourth-order valence-electron chi connectivity index (χ4n) is 1.76. The normalized spacial score (nSPS) is 41.6. The van der Waals surface area contributed by atoms with Crippen molar-refractivity contribution in [1.29, 1.82) is 0 Å². The third-order valence-corrected chi connectivity index (χ3v) is 3.55. The highest BCUT2D eigenvalue weighted by molar-refractivity contribution is 14.1. The van der Waals surface area contributed by atoms with Gasteiger partial charge in [-0.1, -0.05) is 29.5 Å². The standard InChI is InChI=1S/C10H17IO3/c1-9-6-12-10(13-7-9,14-8-9)4-2-3-5-11/h2-8H2,1H3. The first-order chi connectivity index (χ1) is 6.68. The molecular weight excluding hydrogens is 295 g/mol. The molecule has 0 aromatic rings. The van der Waals surface area contributed by atoms with Gasteiger partial charge in [0.2, 0.25) is 0 Å². The van der Waals surface area contributed by atoms with Crippen molar-refractivity contribution in [1.82, 2.24) is 0 Å². The molecule has 3 fully saturated rings. The summed E-state index contributed by atoms with van der Waals surface area (Å²) in [6.07, 6.45) is 3.18. The van der Waals surface area contributed by atoms with E-state index in [1.807, 2.05) is 0 Å². The van der Waals surface area contributed by atoms with Crippen molar-refractivity contribution in [2.45, 2.75) is 32.2 Å². The van der Waals surface area contributed by atoms with Crippen molar-refractivity contribution in [3.05, 3.63) is 0 Å².